The first kappa shape index (κ1) is 23.1. The number of sulfonamides is 1. The molecule has 0 aromatic heterocycles. The summed E-state index contributed by atoms with van der Waals surface area (Å²) < 4.78 is 28.0. The molecule has 0 aliphatic carbocycles. The van der Waals surface area contributed by atoms with Crippen molar-refractivity contribution in [3.8, 4) is 0 Å². The molecule has 3 aromatic carbocycles. The fourth-order valence-electron chi connectivity index (χ4n) is 3.18. The van der Waals surface area contributed by atoms with E-state index in [1.165, 1.54) is 16.4 Å². The Balaban J connectivity index is 2.04. The highest BCUT2D eigenvalue weighted by Gasteiger charge is 2.28. The third-order valence-corrected chi connectivity index (χ3v) is 7.70. The fraction of sp³-hybridized carbons (Fsp3) is 0.174. The summed E-state index contributed by atoms with van der Waals surface area (Å²) in [7, 11) is -4.03. The van der Waals surface area contributed by atoms with Gasteiger partial charge in [0, 0.05) is 12.2 Å². The zero-order valence-electron chi connectivity index (χ0n) is 17.3. The lowest BCUT2D eigenvalue weighted by Gasteiger charge is -2.24. The topological polar surface area (TPSA) is 66.5 Å². The molecule has 0 spiro atoms. The number of para-hydroxylation sites is 1. The van der Waals surface area contributed by atoms with Crippen LogP contribution in [-0.4, -0.2) is 20.9 Å². The van der Waals surface area contributed by atoms with Gasteiger partial charge >= 0.3 is 0 Å². The maximum atomic E-state index is 13.4. The molecule has 0 radical (unpaired) electrons. The zero-order chi connectivity index (χ0) is 22.8. The van der Waals surface area contributed by atoms with Crippen molar-refractivity contribution in [3.05, 3.63) is 87.4 Å². The molecule has 0 unspecified atom stereocenters. The van der Waals surface area contributed by atoms with Gasteiger partial charge in [0.25, 0.3) is 15.9 Å². The fourth-order valence-corrected chi connectivity index (χ4v) is 5.49. The maximum Gasteiger partial charge on any atom is 0.265 e. The van der Waals surface area contributed by atoms with Crippen molar-refractivity contribution in [2.75, 3.05) is 16.2 Å². The Bertz CT molecular complexity index is 1230. The lowest BCUT2D eigenvalue weighted by molar-refractivity contribution is 0.102. The van der Waals surface area contributed by atoms with Crippen LogP contribution in [-0.2, 0) is 10.0 Å². The van der Waals surface area contributed by atoms with Gasteiger partial charge in [0.1, 0.15) is 4.90 Å². The van der Waals surface area contributed by atoms with Crippen LogP contribution in [0, 0.1) is 13.8 Å². The van der Waals surface area contributed by atoms with Crippen LogP contribution in [0.4, 0.5) is 11.4 Å². The highest BCUT2D eigenvalue weighted by atomic mass is 35.5. The standard InChI is InChI=1S/C23H22Cl2N2O3S/c1-4-27(17-10-6-5-7-11-17)31(29,30)22-13-18(19(24)14-20(22)25)23(28)26-21-12-8-9-15(2)16(21)3/h5-14H,4H2,1-3H3,(H,26,28). The zero-order valence-corrected chi connectivity index (χ0v) is 19.6. The third-order valence-electron chi connectivity index (χ3n) is 5.02. The third kappa shape index (κ3) is 4.71. The van der Waals surface area contributed by atoms with Crippen LogP contribution >= 0.6 is 23.2 Å². The Kier molecular flexibility index (Phi) is 6.94. The minimum Gasteiger partial charge on any atom is -0.322 e. The van der Waals surface area contributed by atoms with E-state index in [2.05, 4.69) is 5.32 Å². The number of nitrogens with zero attached hydrogens (tertiary/aromatic N) is 1. The molecule has 0 bridgehead atoms. The monoisotopic (exact) mass is 476 g/mol. The van der Waals surface area contributed by atoms with Crippen molar-refractivity contribution in [2.45, 2.75) is 25.7 Å². The average molecular weight is 477 g/mol. The predicted molar refractivity (Wildman–Crippen MR) is 127 cm³/mol. The average Bonchev–Trinajstić information content (AvgIpc) is 2.72. The van der Waals surface area contributed by atoms with Gasteiger partial charge in [0.15, 0.2) is 0 Å². The Morgan fingerprint density at radius 3 is 2.29 bits per heavy atom. The predicted octanol–water partition coefficient (Wildman–Crippen LogP) is 6.08. The molecule has 0 aliphatic rings. The summed E-state index contributed by atoms with van der Waals surface area (Å²) in [4.78, 5) is 12.8. The van der Waals surface area contributed by atoms with E-state index in [4.69, 9.17) is 23.2 Å². The molecule has 5 nitrogen and oxygen atoms in total. The van der Waals surface area contributed by atoms with Crippen LogP contribution < -0.4 is 9.62 Å². The molecule has 0 saturated heterocycles. The molecule has 0 aliphatic heterocycles. The number of anilines is 2. The number of carbonyl (C=O) groups excluding carboxylic acids is 1. The Morgan fingerprint density at radius 2 is 1.65 bits per heavy atom. The lowest BCUT2D eigenvalue weighted by atomic mass is 10.1. The largest absolute Gasteiger partial charge is 0.322 e. The molecule has 0 fully saturated rings. The van der Waals surface area contributed by atoms with Crippen molar-refractivity contribution in [3.63, 3.8) is 0 Å². The second kappa shape index (κ2) is 9.30. The first-order valence-electron chi connectivity index (χ1n) is 9.61. The van der Waals surface area contributed by atoms with E-state index in [-0.39, 0.29) is 27.0 Å². The number of hydrogen-bond donors (Lipinski definition) is 1. The molecule has 3 rings (SSSR count). The molecule has 0 saturated carbocycles. The number of benzene rings is 3. The molecule has 3 aromatic rings. The first-order valence-corrected chi connectivity index (χ1v) is 11.8. The van der Waals surface area contributed by atoms with E-state index >= 15 is 0 Å². The summed E-state index contributed by atoms with van der Waals surface area (Å²) in [6.07, 6.45) is 0. The molecular formula is C23H22Cl2N2O3S. The van der Waals surface area contributed by atoms with Crippen molar-refractivity contribution >= 4 is 50.5 Å². The molecule has 1 amide bonds. The number of rotatable bonds is 6. The second-order valence-corrected chi connectivity index (χ2v) is 9.61. The quantitative estimate of drug-likeness (QED) is 0.468. The van der Waals surface area contributed by atoms with Gasteiger partial charge in [-0.25, -0.2) is 8.42 Å². The minimum atomic E-state index is -4.03. The SMILES string of the molecule is CCN(c1ccccc1)S(=O)(=O)c1cc(C(=O)Nc2cccc(C)c2C)c(Cl)cc1Cl. The highest BCUT2D eigenvalue weighted by molar-refractivity contribution is 7.93. The van der Waals surface area contributed by atoms with Gasteiger partial charge in [0.2, 0.25) is 0 Å². The van der Waals surface area contributed by atoms with Gasteiger partial charge < -0.3 is 5.32 Å². The minimum absolute atomic E-state index is 0.0228. The van der Waals surface area contributed by atoms with Gasteiger partial charge in [-0.05, 0) is 62.2 Å². The van der Waals surface area contributed by atoms with E-state index in [0.29, 0.717) is 11.4 Å². The van der Waals surface area contributed by atoms with Crippen LogP contribution in [0.1, 0.15) is 28.4 Å². The highest BCUT2D eigenvalue weighted by Crippen LogP contribution is 2.33. The Hall–Kier alpha value is -2.54. The van der Waals surface area contributed by atoms with Crippen LogP contribution in [0.25, 0.3) is 0 Å². The Labute approximate surface area is 192 Å². The summed E-state index contributed by atoms with van der Waals surface area (Å²) in [6, 6.07) is 16.7. The summed E-state index contributed by atoms with van der Waals surface area (Å²) >= 11 is 12.5. The van der Waals surface area contributed by atoms with Gasteiger partial charge in [-0.3, -0.25) is 9.10 Å². The molecular weight excluding hydrogens is 455 g/mol. The van der Waals surface area contributed by atoms with Gasteiger partial charge in [-0.2, -0.15) is 0 Å². The number of nitrogens with one attached hydrogen (secondary N) is 1. The summed E-state index contributed by atoms with van der Waals surface area (Å²) in [5.41, 5.74) is 3.08. The van der Waals surface area contributed by atoms with Crippen LogP contribution in [0.2, 0.25) is 10.0 Å². The maximum absolute atomic E-state index is 13.4. The summed E-state index contributed by atoms with van der Waals surface area (Å²) in [6.45, 7) is 5.75. The molecule has 162 valence electrons. The van der Waals surface area contributed by atoms with Crippen LogP contribution in [0.5, 0.6) is 0 Å². The van der Waals surface area contributed by atoms with Crippen molar-refractivity contribution in [2.24, 2.45) is 0 Å². The number of hydrogen-bond acceptors (Lipinski definition) is 3. The lowest BCUT2D eigenvalue weighted by Crippen LogP contribution is -2.31. The molecule has 0 atom stereocenters. The molecule has 31 heavy (non-hydrogen) atoms. The summed E-state index contributed by atoms with van der Waals surface area (Å²) in [5.74, 6) is -0.519. The van der Waals surface area contributed by atoms with Gasteiger partial charge in [0.05, 0.1) is 21.3 Å². The molecule has 8 heteroatoms. The van der Waals surface area contributed by atoms with Gasteiger partial charge in [-0.15, -0.1) is 0 Å². The smallest absolute Gasteiger partial charge is 0.265 e. The van der Waals surface area contributed by atoms with Crippen molar-refractivity contribution < 1.29 is 13.2 Å². The second-order valence-electron chi connectivity index (χ2n) is 6.97. The van der Waals surface area contributed by atoms with E-state index < -0.39 is 15.9 Å². The first-order chi connectivity index (χ1) is 14.7. The van der Waals surface area contributed by atoms with Crippen LogP contribution in [0.15, 0.2) is 65.6 Å². The number of carbonyl (C=O) groups is 1. The molecule has 1 N–H and O–H groups in total. The van der Waals surface area contributed by atoms with E-state index in [0.717, 1.165) is 11.1 Å². The van der Waals surface area contributed by atoms with Crippen LogP contribution in [0.3, 0.4) is 0 Å². The number of amides is 1. The van der Waals surface area contributed by atoms with E-state index in [1.807, 2.05) is 26.0 Å². The van der Waals surface area contributed by atoms with E-state index in [1.54, 1.807) is 43.3 Å². The Morgan fingerprint density at radius 1 is 0.968 bits per heavy atom. The van der Waals surface area contributed by atoms with Gasteiger partial charge in [-0.1, -0.05) is 53.5 Å². The molecule has 0 heterocycles. The van der Waals surface area contributed by atoms with Crippen molar-refractivity contribution in [1.82, 2.24) is 0 Å². The number of halogens is 2. The number of aryl methyl sites for hydroxylation is 1. The summed E-state index contributed by atoms with van der Waals surface area (Å²) in [5, 5.41) is 2.82. The normalized spacial score (nSPS) is 11.3. The van der Waals surface area contributed by atoms with E-state index in [9.17, 15) is 13.2 Å². The van der Waals surface area contributed by atoms with Crippen molar-refractivity contribution in [1.29, 1.82) is 0 Å².